The maximum atomic E-state index is 14.4. The van der Waals surface area contributed by atoms with Crippen LogP contribution in [0.3, 0.4) is 0 Å². The van der Waals surface area contributed by atoms with E-state index in [0.717, 1.165) is 20.8 Å². The maximum absolute atomic E-state index is 14.4. The van der Waals surface area contributed by atoms with Gasteiger partial charge in [-0.1, -0.05) is 58.7 Å². The lowest BCUT2D eigenvalue weighted by Gasteiger charge is -2.31. The summed E-state index contributed by atoms with van der Waals surface area (Å²) >= 11 is 0. The number of primary amides is 1. The molecular weight excluding hydrogens is 1090 g/mol. The first-order chi connectivity index (χ1) is 38.9. The lowest BCUT2D eigenvalue weighted by molar-refractivity contribution is -0.145. The molecule has 1 aromatic carbocycles. The number of unbranched alkanes of at least 4 members (excludes halogenated alkanes) is 1. The zero-order valence-corrected chi connectivity index (χ0v) is 47.6. The molecule has 30 heteroatoms. The van der Waals surface area contributed by atoms with Gasteiger partial charge in [-0.2, -0.15) is 0 Å². The van der Waals surface area contributed by atoms with Crippen molar-refractivity contribution in [2.75, 3.05) is 13.1 Å². The summed E-state index contributed by atoms with van der Waals surface area (Å²) in [6.07, 6.45) is -3.29. The number of hydrogen-bond acceptors (Lipinski definition) is 17. The van der Waals surface area contributed by atoms with E-state index in [4.69, 9.17) is 17.2 Å². The molecule has 0 radical (unpaired) electrons. The number of aromatic amines is 1. The lowest BCUT2D eigenvalue weighted by atomic mass is 9.96. The predicted molar refractivity (Wildman–Crippen MR) is 296 cm³/mol. The Balaban J connectivity index is 1.88. The SMILES string of the molecule is CC[C@H](C)[C@H](NC(=O)[C@@H](NC(=O)[C@H](CC(=O)O)NC(=O)[C@H](Cc1c[nH]c2ccccc12)NC(=O)[C@@H]1CCCN1C(=O)[C@@H](N)CCCCN)[C@@H](C)O)C(=O)N[C@H](C(=O)N[C@@H](CC(N)=O)C(=O)N[C@H](C(=O)N[C@H](C(=O)O)[C@@H](C)O)C(C)C)[C@@H](C)O. The largest absolute Gasteiger partial charge is 0.481 e. The van der Waals surface area contributed by atoms with E-state index in [1.807, 2.05) is 0 Å². The Kier molecular flexibility index (Phi) is 27.4. The van der Waals surface area contributed by atoms with E-state index in [-0.39, 0.29) is 25.8 Å². The van der Waals surface area contributed by atoms with Crippen molar-refractivity contribution >= 4 is 81.9 Å². The molecule has 0 bridgehead atoms. The Morgan fingerprint density at radius 3 is 1.67 bits per heavy atom. The molecule has 1 aromatic heterocycles. The van der Waals surface area contributed by atoms with Gasteiger partial charge in [-0.15, -0.1) is 0 Å². The van der Waals surface area contributed by atoms with Gasteiger partial charge in [0, 0.05) is 30.1 Å². The average Bonchev–Trinajstić information content (AvgIpc) is 4.32. The summed E-state index contributed by atoms with van der Waals surface area (Å²) < 4.78 is 0. The second kappa shape index (κ2) is 32.7. The van der Waals surface area contributed by atoms with Crippen LogP contribution in [-0.4, -0.2) is 198 Å². The fraction of sp³-hybridized carbons (Fsp3) is 0.623. The normalized spacial score (nSPS) is 17.9. The number of aliphatic hydroxyl groups is 3. The van der Waals surface area contributed by atoms with Crippen LogP contribution >= 0.6 is 0 Å². The fourth-order valence-corrected chi connectivity index (χ4v) is 9.15. The number of carbonyl (C=O) groups is 12. The van der Waals surface area contributed by atoms with E-state index in [9.17, 15) is 83.1 Å². The molecule has 10 amide bonds. The van der Waals surface area contributed by atoms with E-state index < -0.39 is 174 Å². The molecule has 3 rings (SSSR count). The van der Waals surface area contributed by atoms with Gasteiger partial charge in [0.2, 0.25) is 59.1 Å². The van der Waals surface area contributed by atoms with Gasteiger partial charge in [0.1, 0.15) is 48.3 Å². The molecular formula is C53H83N13O17. The third kappa shape index (κ3) is 20.5. The van der Waals surface area contributed by atoms with Crippen molar-refractivity contribution in [3.8, 4) is 0 Å². The molecule has 1 aliphatic heterocycles. The highest BCUT2D eigenvalue weighted by atomic mass is 16.4. The zero-order chi connectivity index (χ0) is 62.6. The molecule has 462 valence electrons. The molecule has 0 unspecified atom stereocenters. The summed E-state index contributed by atoms with van der Waals surface area (Å²) in [5.74, 6) is -15.3. The summed E-state index contributed by atoms with van der Waals surface area (Å²) in [7, 11) is 0. The molecule has 1 fully saturated rings. The smallest absolute Gasteiger partial charge is 0.328 e. The van der Waals surface area contributed by atoms with Crippen LogP contribution in [0.15, 0.2) is 30.5 Å². The number of fused-ring (bicyclic) bond motifs is 1. The van der Waals surface area contributed by atoms with Gasteiger partial charge in [0.15, 0.2) is 6.04 Å². The molecule has 0 saturated carbocycles. The number of para-hydroxylation sites is 1. The van der Waals surface area contributed by atoms with Crippen LogP contribution in [0.5, 0.6) is 0 Å². The number of likely N-dealkylation sites (tertiary alicyclic amines) is 1. The number of benzene rings is 1. The Morgan fingerprint density at radius 1 is 0.639 bits per heavy atom. The second-order valence-corrected chi connectivity index (χ2v) is 21.2. The quantitative estimate of drug-likeness (QED) is 0.0293. The Hall–Kier alpha value is -7.80. The molecule has 1 aliphatic rings. The standard InChI is InChI=1S/C53H83N13O17/c1-8-25(4)40(49(78)64-41(26(5)67)50(79)60-34(21-37(56)70)45(74)61-39(24(2)3)48(77)65-43(28(7)69)53(82)83)62-51(80)42(27(6)68)63-46(75)35(22-38(71)72)58-44(73)33(20-29-23-57-32-16-10-9-14-30(29)32)59-47(76)36-17-13-19-66(36)52(81)31(55)15-11-12-18-54/h9-10,14,16,23-28,31,33-36,39-43,57,67-69H,8,11-13,15,17-22,54-55H2,1-7H3,(H2,56,70)(H,58,73)(H,59,76)(H,60,79)(H,61,74)(H,62,80)(H,63,75)(H,64,78)(H,65,77)(H,71,72)(H,82,83)/t25-,26+,27+,28+,31-,33-,34-,35-,36-,39-,40-,41-,42-,43-/m0/s1. The van der Waals surface area contributed by atoms with E-state index in [2.05, 4.69) is 47.5 Å². The van der Waals surface area contributed by atoms with E-state index in [1.54, 1.807) is 37.4 Å². The van der Waals surface area contributed by atoms with Crippen LogP contribution in [0.1, 0.15) is 105 Å². The number of rotatable bonds is 34. The minimum absolute atomic E-state index is 0.159. The number of aliphatic carboxylic acids is 2. The number of amides is 10. The molecule has 2 heterocycles. The van der Waals surface area contributed by atoms with E-state index in [0.29, 0.717) is 48.7 Å². The van der Waals surface area contributed by atoms with Crippen molar-refractivity contribution < 1.29 is 83.1 Å². The average molecular weight is 1170 g/mol. The van der Waals surface area contributed by atoms with Crippen molar-refractivity contribution in [3.05, 3.63) is 36.0 Å². The summed E-state index contributed by atoms with van der Waals surface area (Å²) in [6, 6.07) is -9.05. The van der Waals surface area contributed by atoms with Crippen LogP contribution in [0.25, 0.3) is 10.9 Å². The topological polar surface area (TPSA) is 499 Å². The molecule has 20 N–H and O–H groups in total. The number of nitrogens with zero attached hydrogens (tertiary/aromatic N) is 1. The van der Waals surface area contributed by atoms with Gasteiger partial charge in [0.05, 0.1) is 37.2 Å². The monoisotopic (exact) mass is 1170 g/mol. The maximum Gasteiger partial charge on any atom is 0.328 e. The van der Waals surface area contributed by atoms with Crippen LogP contribution < -0.4 is 59.7 Å². The van der Waals surface area contributed by atoms with Crippen LogP contribution in [0.4, 0.5) is 0 Å². The number of hydrogen-bond donors (Lipinski definition) is 17. The van der Waals surface area contributed by atoms with Crippen molar-refractivity contribution in [2.24, 2.45) is 29.0 Å². The third-order valence-electron chi connectivity index (χ3n) is 14.1. The molecule has 1 saturated heterocycles. The Bertz CT molecular complexity index is 2630. The van der Waals surface area contributed by atoms with Gasteiger partial charge < -0.3 is 95.2 Å². The van der Waals surface area contributed by atoms with Gasteiger partial charge in [0.25, 0.3) is 0 Å². The molecule has 14 atom stereocenters. The molecule has 2 aromatic rings. The first-order valence-corrected chi connectivity index (χ1v) is 27.4. The first kappa shape index (κ1) is 69.5. The zero-order valence-electron chi connectivity index (χ0n) is 47.6. The van der Waals surface area contributed by atoms with Gasteiger partial charge in [-0.25, -0.2) is 4.79 Å². The molecule has 83 heavy (non-hydrogen) atoms. The van der Waals surface area contributed by atoms with Crippen molar-refractivity contribution in [2.45, 2.75) is 185 Å². The van der Waals surface area contributed by atoms with Gasteiger partial charge in [-0.3, -0.25) is 52.7 Å². The second-order valence-electron chi connectivity index (χ2n) is 21.2. The van der Waals surface area contributed by atoms with E-state index >= 15 is 0 Å². The van der Waals surface area contributed by atoms with Gasteiger partial charge in [-0.05, 0) is 76.5 Å². The van der Waals surface area contributed by atoms with Crippen molar-refractivity contribution in [3.63, 3.8) is 0 Å². The highest BCUT2D eigenvalue weighted by Gasteiger charge is 2.41. The number of nitrogens with two attached hydrogens (primary N) is 3. The summed E-state index contributed by atoms with van der Waals surface area (Å²) in [5, 5.41) is 70.2. The summed E-state index contributed by atoms with van der Waals surface area (Å²) in [6.45, 7) is 9.93. The number of carboxylic acid groups (broad SMARTS) is 2. The molecule has 0 aliphatic carbocycles. The highest BCUT2D eigenvalue weighted by Crippen LogP contribution is 2.23. The molecule has 0 spiro atoms. The number of nitrogens with one attached hydrogen (secondary N) is 9. The van der Waals surface area contributed by atoms with E-state index in [1.165, 1.54) is 25.7 Å². The fourth-order valence-electron chi connectivity index (χ4n) is 9.15. The van der Waals surface area contributed by atoms with Crippen molar-refractivity contribution in [1.29, 1.82) is 0 Å². The first-order valence-electron chi connectivity index (χ1n) is 27.4. The van der Waals surface area contributed by atoms with Gasteiger partial charge >= 0.3 is 11.9 Å². The summed E-state index contributed by atoms with van der Waals surface area (Å²) in [4.78, 5) is 165. The van der Waals surface area contributed by atoms with Crippen LogP contribution in [0, 0.1) is 11.8 Å². The number of carbonyl (C=O) groups excluding carboxylic acids is 10. The van der Waals surface area contributed by atoms with Crippen molar-refractivity contribution in [1.82, 2.24) is 52.4 Å². The minimum atomic E-state index is -1.97. The predicted octanol–water partition coefficient (Wildman–Crippen LogP) is -4.68. The number of H-pyrrole nitrogens is 1. The summed E-state index contributed by atoms with van der Waals surface area (Å²) in [5.41, 5.74) is 18.4. The van der Waals surface area contributed by atoms with Crippen LogP contribution in [0.2, 0.25) is 0 Å². The lowest BCUT2D eigenvalue weighted by Crippen LogP contribution is -2.64. The Morgan fingerprint density at radius 2 is 1.13 bits per heavy atom. The Labute approximate surface area is 479 Å². The number of aromatic nitrogens is 1. The van der Waals surface area contributed by atoms with Crippen LogP contribution in [-0.2, 0) is 64.0 Å². The number of aliphatic hydroxyl groups excluding tert-OH is 3. The number of carboxylic acids is 2. The third-order valence-corrected chi connectivity index (χ3v) is 14.1. The highest BCUT2D eigenvalue weighted by molar-refractivity contribution is 6.00. The minimum Gasteiger partial charge on any atom is -0.481 e. The molecule has 30 nitrogen and oxygen atoms in total.